The Bertz CT molecular complexity index is 585. The van der Waals surface area contributed by atoms with Crippen LogP contribution in [0.2, 0.25) is 0 Å². The number of aliphatic imine (C=N–C) groups is 1. The molecule has 0 amide bonds. The standard InChI is InChI=1S/C22H39N5O2/c1-5-23-22(24-11-16-29-21-9-7-20(28-4)8-10-21)25-17-19(3)18-27-14-12-26(6-2)13-15-27/h7-10,19H,5-6,11-18H2,1-4H3,(H2,23,24,25). The molecule has 1 aromatic rings. The molecule has 0 aromatic heterocycles. The minimum atomic E-state index is 0.536. The van der Waals surface area contributed by atoms with Crippen molar-refractivity contribution >= 4 is 5.96 Å². The minimum Gasteiger partial charge on any atom is -0.497 e. The van der Waals surface area contributed by atoms with Gasteiger partial charge < -0.3 is 29.9 Å². The van der Waals surface area contributed by atoms with Gasteiger partial charge in [-0.2, -0.15) is 0 Å². The van der Waals surface area contributed by atoms with Gasteiger partial charge in [-0.25, -0.2) is 0 Å². The lowest BCUT2D eigenvalue weighted by atomic mass is 10.1. The molecule has 2 rings (SSSR count). The van der Waals surface area contributed by atoms with Crippen LogP contribution in [0.5, 0.6) is 11.5 Å². The third-order valence-electron chi connectivity index (χ3n) is 5.11. The number of guanidine groups is 1. The molecule has 2 N–H and O–H groups in total. The van der Waals surface area contributed by atoms with Crippen molar-refractivity contribution < 1.29 is 9.47 Å². The summed E-state index contributed by atoms with van der Waals surface area (Å²) in [6.45, 7) is 16.5. The summed E-state index contributed by atoms with van der Waals surface area (Å²) in [5.74, 6) is 3.06. The van der Waals surface area contributed by atoms with Crippen molar-refractivity contribution in [1.82, 2.24) is 20.4 Å². The molecule has 0 aliphatic carbocycles. The van der Waals surface area contributed by atoms with E-state index in [2.05, 4.69) is 41.2 Å². The highest BCUT2D eigenvalue weighted by Gasteiger charge is 2.17. The lowest BCUT2D eigenvalue weighted by Gasteiger charge is -2.35. The van der Waals surface area contributed by atoms with Crippen molar-refractivity contribution in [2.45, 2.75) is 20.8 Å². The van der Waals surface area contributed by atoms with Crippen LogP contribution >= 0.6 is 0 Å². The highest BCUT2D eigenvalue weighted by atomic mass is 16.5. The molecule has 1 atom stereocenters. The first-order valence-corrected chi connectivity index (χ1v) is 10.9. The van der Waals surface area contributed by atoms with Gasteiger partial charge in [0.15, 0.2) is 5.96 Å². The van der Waals surface area contributed by atoms with Crippen LogP contribution < -0.4 is 20.1 Å². The van der Waals surface area contributed by atoms with Crippen molar-refractivity contribution in [3.05, 3.63) is 24.3 Å². The normalized spacial score (nSPS) is 17.0. The number of hydrogen-bond acceptors (Lipinski definition) is 5. The smallest absolute Gasteiger partial charge is 0.191 e. The quantitative estimate of drug-likeness (QED) is 0.333. The van der Waals surface area contributed by atoms with Gasteiger partial charge in [-0.05, 0) is 43.7 Å². The summed E-state index contributed by atoms with van der Waals surface area (Å²) in [5.41, 5.74) is 0. The fourth-order valence-corrected chi connectivity index (χ4v) is 3.39. The van der Waals surface area contributed by atoms with E-state index < -0.39 is 0 Å². The molecular weight excluding hydrogens is 366 g/mol. The molecule has 7 nitrogen and oxygen atoms in total. The lowest BCUT2D eigenvalue weighted by molar-refractivity contribution is 0.125. The average molecular weight is 406 g/mol. The summed E-state index contributed by atoms with van der Waals surface area (Å²) >= 11 is 0. The molecule has 0 radical (unpaired) electrons. The Hall–Kier alpha value is -1.99. The van der Waals surface area contributed by atoms with Gasteiger partial charge in [-0.3, -0.25) is 4.99 Å². The van der Waals surface area contributed by atoms with E-state index in [1.807, 2.05) is 24.3 Å². The number of benzene rings is 1. The average Bonchev–Trinajstić information content (AvgIpc) is 2.76. The molecule has 164 valence electrons. The van der Waals surface area contributed by atoms with E-state index in [4.69, 9.17) is 14.5 Å². The van der Waals surface area contributed by atoms with Crippen molar-refractivity contribution in [1.29, 1.82) is 0 Å². The molecule has 1 aliphatic heterocycles. The van der Waals surface area contributed by atoms with Gasteiger partial charge in [0.2, 0.25) is 0 Å². The van der Waals surface area contributed by atoms with Gasteiger partial charge in [0.25, 0.3) is 0 Å². The molecule has 1 unspecified atom stereocenters. The highest BCUT2D eigenvalue weighted by molar-refractivity contribution is 5.79. The zero-order chi connectivity index (χ0) is 20.9. The molecule has 1 fully saturated rings. The van der Waals surface area contributed by atoms with Crippen LogP contribution in [-0.2, 0) is 0 Å². The predicted octanol–water partition coefficient (Wildman–Crippen LogP) is 1.90. The maximum atomic E-state index is 5.77. The Morgan fingerprint density at radius 3 is 2.31 bits per heavy atom. The van der Waals surface area contributed by atoms with E-state index in [9.17, 15) is 0 Å². The van der Waals surface area contributed by atoms with E-state index in [0.29, 0.717) is 19.1 Å². The highest BCUT2D eigenvalue weighted by Crippen LogP contribution is 2.16. The van der Waals surface area contributed by atoms with Crippen molar-refractivity contribution in [2.24, 2.45) is 10.9 Å². The van der Waals surface area contributed by atoms with E-state index in [1.165, 1.54) is 26.2 Å². The Balaban J connectivity index is 1.68. The minimum absolute atomic E-state index is 0.536. The van der Waals surface area contributed by atoms with E-state index >= 15 is 0 Å². The second-order valence-corrected chi connectivity index (χ2v) is 7.51. The Labute approximate surface area is 176 Å². The zero-order valence-electron chi connectivity index (χ0n) is 18.6. The summed E-state index contributed by atoms with van der Waals surface area (Å²) in [7, 11) is 1.66. The first-order valence-electron chi connectivity index (χ1n) is 10.9. The SMILES string of the molecule is CCNC(=NCC(C)CN1CCN(CC)CC1)NCCOc1ccc(OC)cc1. The Kier molecular flexibility index (Phi) is 10.7. The second-order valence-electron chi connectivity index (χ2n) is 7.51. The van der Waals surface area contributed by atoms with Crippen LogP contribution in [0.25, 0.3) is 0 Å². The number of rotatable bonds is 11. The first kappa shape index (κ1) is 23.3. The van der Waals surface area contributed by atoms with E-state index in [1.54, 1.807) is 7.11 Å². The van der Waals surface area contributed by atoms with Gasteiger partial charge >= 0.3 is 0 Å². The molecule has 0 bridgehead atoms. The van der Waals surface area contributed by atoms with Crippen LogP contribution in [0.4, 0.5) is 0 Å². The van der Waals surface area contributed by atoms with Crippen LogP contribution in [0.3, 0.4) is 0 Å². The Morgan fingerprint density at radius 2 is 1.69 bits per heavy atom. The van der Waals surface area contributed by atoms with Crippen LogP contribution in [0, 0.1) is 5.92 Å². The zero-order valence-corrected chi connectivity index (χ0v) is 18.6. The second kappa shape index (κ2) is 13.3. The summed E-state index contributed by atoms with van der Waals surface area (Å²) in [6, 6.07) is 7.63. The molecule has 1 aliphatic rings. The first-order chi connectivity index (χ1) is 14.1. The molecule has 0 saturated carbocycles. The van der Waals surface area contributed by atoms with Crippen molar-refractivity contribution in [3.63, 3.8) is 0 Å². The number of ether oxygens (including phenoxy) is 2. The molecule has 29 heavy (non-hydrogen) atoms. The summed E-state index contributed by atoms with van der Waals surface area (Å²) in [6.07, 6.45) is 0. The third-order valence-corrected chi connectivity index (χ3v) is 5.11. The van der Waals surface area contributed by atoms with Gasteiger partial charge in [-0.15, -0.1) is 0 Å². The summed E-state index contributed by atoms with van der Waals surface area (Å²) in [4.78, 5) is 9.84. The van der Waals surface area contributed by atoms with Crippen molar-refractivity contribution in [3.8, 4) is 11.5 Å². The topological polar surface area (TPSA) is 61.4 Å². The molecule has 0 spiro atoms. The summed E-state index contributed by atoms with van der Waals surface area (Å²) < 4.78 is 10.9. The maximum absolute atomic E-state index is 5.77. The maximum Gasteiger partial charge on any atom is 0.191 e. The molecular formula is C22H39N5O2. The lowest BCUT2D eigenvalue weighted by Crippen LogP contribution is -2.47. The molecule has 1 heterocycles. The van der Waals surface area contributed by atoms with Crippen LogP contribution in [0.1, 0.15) is 20.8 Å². The van der Waals surface area contributed by atoms with Crippen LogP contribution in [-0.4, -0.2) is 88.4 Å². The predicted molar refractivity (Wildman–Crippen MR) is 120 cm³/mol. The van der Waals surface area contributed by atoms with Gasteiger partial charge in [0, 0.05) is 45.8 Å². The largest absolute Gasteiger partial charge is 0.497 e. The summed E-state index contributed by atoms with van der Waals surface area (Å²) in [5, 5.41) is 6.67. The number of nitrogens with one attached hydrogen (secondary N) is 2. The van der Waals surface area contributed by atoms with E-state index in [-0.39, 0.29) is 0 Å². The Morgan fingerprint density at radius 1 is 1.03 bits per heavy atom. The molecule has 7 heteroatoms. The number of piperazine rings is 1. The fraction of sp³-hybridized carbons (Fsp3) is 0.682. The van der Waals surface area contributed by atoms with Gasteiger partial charge in [-0.1, -0.05) is 13.8 Å². The number of hydrogen-bond donors (Lipinski definition) is 2. The van der Waals surface area contributed by atoms with Gasteiger partial charge in [0.05, 0.1) is 13.7 Å². The third kappa shape index (κ3) is 8.92. The van der Waals surface area contributed by atoms with E-state index in [0.717, 1.165) is 43.6 Å². The van der Waals surface area contributed by atoms with Crippen LogP contribution in [0.15, 0.2) is 29.3 Å². The van der Waals surface area contributed by atoms with Gasteiger partial charge in [0.1, 0.15) is 18.1 Å². The number of methoxy groups -OCH3 is 1. The number of nitrogens with zero attached hydrogens (tertiary/aromatic N) is 3. The van der Waals surface area contributed by atoms with Crippen molar-refractivity contribution in [2.75, 3.05) is 72.6 Å². The monoisotopic (exact) mass is 405 g/mol. The molecule has 1 aromatic carbocycles. The number of likely N-dealkylation sites (N-methyl/N-ethyl adjacent to an activating group) is 1. The molecule has 1 saturated heterocycles. The fourth-order valence-electron chi connectivity index (χ4n) is 3.39.